The largest absolute Gasteiger partial charge is 0.421 e. The van der Waals surface area contributed by atoms with Gasteiger partial charge < -0.3 is 9.67 Å². The molecule has 0 amide bonds. The van der Waals surface area contributed by atoms with Gasteiger partial charge in [-0.2, -0.15) is 13.2 Å². The second-order valence-corrected chi connectivity index (χ2v) is 6.25. The summed E-state index contributed by atoms with van der Waals surface area (Å²) in [6, 6.07) is 0. The molecule has 3 aliphatic carbocycles. The highest BCUT2D eigenvalue weighted by atomic mass is 127. The summed E-state index contributed by atoms with van der Waals surface area (Å²) in [4.78, 5) is 3.73. The summed E-state index contributed by atoms with van der Waals surface area (Å²) in [6.07, 6.45) is -5.30. The molecule has 100 valence electrons. The van der Waals surface area contributed by atoms with Crippen molar-refractivity contribution in [2.45, 2.75) is 42.8 Å². The van der Waals surface area contributed by atoms with E-state index < -0.39 is 29.3 Å². The summed E-state index contributed by atoms with van der Waals surface area (Å²) >= 11 is 1.78. The molecule has 0 aromatic carbocycles. The number of imidazole rings is 1. The topological polar surface area (TPSA) is 38.1 Å². The molecule has 0 unspecified atom stereocenters. The Bertz CT molecular complexity index is 493. The van der Waals surface area contributed by atoms with E-state index in [0.29, 0.717) is 3.70 Å². The third-order valence-corrected chi connectivity index (χ3v) is 4.23. The van der Waals surface area contributed by atoms with Gasteiger partial charge in [0.25, 0.3) is 0 Å². The van der Waals surface area contributed by atoms with Crippen LogP contribution in [-0.4, -0.2) is 26.5 Å². The molecule has 1 N–H and O–H groups in total. The summed E-state index contributed by atoms with van der Waals surface area (Å²) in [5.41, 5.74) is -1.82. The van der Waals surface area contributed by atoms with Crippen molar-refractivity contribution in [1.82, 2.24) is 9.55 Å². The molecule has 3 saturated carbocycles. The minimum atomic E-state index is -4.76. The number of aliphatic hydroxyl groups excluding tert-OH is 1. The van der Waals surface area contributed by atoms with E-state index >= 15 is 0 Å². The molecular formula is C10H9F4IN2O. The lowest BCUT2D eigenvalue weighted by atomic mass is 9.47. The molecule has 1 aromatic heterocycles. The monoisotopic (exact) mass is 376 g/mol. The van der Waals surface area contributed by atoms with E-state index in [2.05, 4.69) is 4.98 Å². The second kappa shape index (κ2) is 3.38. The van der Waals surface area contributed by atoms with Crippen LogP contribution in [0.2, 0.25) is 0 Å². The molecule has 1 aromatic rings. The fourth-order valence-corrected chi connectivity index (χ4v) is 3.48. The fraction of sp³-hybridized carbons (Fsp3) is 0.700. The van der Waals surface area contributed by atoms with Crippen LogP contribution >= 0.6 is 22.6 Å². The summed E-state index contributed by atoms with van der Waals surface area (Å²) in [6.45, 7) is 0. The fourth-order valence-electron chi connectivity index (χ4n) is 2.95. The molecule has 3 nitrogen and oxygen atoms in total. The lowest BCUT2D eigenvalue weighted by Crippen LogP contribution is -2.70. The van der Waals surface area contributed by atoms with Crippen LogP contribution in [0.15, 0.2) is 6.20 Å². The van der Waals surface area contributed by atoms with Crippen LogP contribution in [0.3, 0.4) is 0 Å². The van der Waals surface area contributed by atoms with Gasteiger partial charge in [-0.15, -0.1) is 0 Å². The first-order chi connectivity index (χ1) is 8.15. The van der Waals surface area contributed by atoms with Crippen LogP contribution in [0.5, 0.6) is 0 Å². The van der Waals surface area contributed by atoms with Gasteiger partial charge in [-0.1, -0.05) is 0 Å². The number of rotatable bonds is 2. The summed E-state index contributed by atoms with van der Waals surface area (Å²) in [5.74, 6) is -0.436. The number of aliphatic hydroxyl groups is 1. The van der Waals surface area contributed by atoms with E-state index in [1.54, 1.807) is 22.6 Å². The van der Waals surface area contributed by atoms with E-state index in [1.165, 1.54) is 10.8 Å². The molecule has 0 radical (unpaired) electrons. The van der Waals surface area contributed by atoms with Crippen molar-refractivity contribution in [2.24, 2.45) is 0 Å². The molecule has 4 rings (SSSR count). The van der Waals surface area contributed by atoms with Crippen molar-refractivity contribution in [3.05, 3.63) is 15.7 Å². The molecule has 1 heterocycles. The van der Waals surface area contributed by atoms with Crippen molar-refractivity contribution in [1.29, 1.82) is 0 Å². The van der Waals surface area contributed by atoms with Crippen molar-refractivity contribution >= 4 is 22.6 Å². The van der Waals surface area contributed by atoms with Crippen LogP contribution in [0.1, 0.15) is 31.2 Å². The van der Waals surface area contributed by atoms with Gasteiger partial charge in [0.15, 0.2) is 0 Å². The Kier molecular flexibility index (Phi) is 2.38. The molecule has 3 fully saturated rings. The summed E-state index contributed by atoms with van der Waals surface area (Å²) < 4.78 is 52.8. The first kappa shape index (κ1) is 12.6. The average molecular weight is 376 g/mol. The van der Waals surface area contributed by atoms with Crippen LogP contribution in [-0.2, 0) is 5.54 Å². The molecule has 0 saturated heterocycles. The van der Waals surface area contributed by atoms with Gasteiger partial charge in [-0.3, -0.25) is 0 Å². The van der Waals surface area contributed by atoms with Crippen molar-refractivity contribution in [2.75, 3.05) is 0 Å². The molecule has 18 heavy (non-hydrogen) atoms. The number of hydrogen-bond acceptors (Lipinski definition) is 2. The number of nitrogens with zero attached hydrogens (tertiary/aromatic N) is 2. The van der Waals surface area contributed by atoms with Crippen molar-refractivity contribution in [3.63, 3.8) is 0 Å². The Morgan fingerprint density at radius 1 is 1.39 bits per heavy atom. The number of hydrogen-bond donors (Lipinski definition) is 1. The van der Waals surface area contributed by atoms with Crippen LogP contribution in [0.25, 0.3) is 0 Å². The predicted octanol–water partition coefficient (Wildman–Crippen LogP) is 2.68. The zero-order valence-corrected chi connectivity index (χ0v) is 11.2. The second-order valence-electron chi connectivity index (χ2n) is 5.14. The zero-order valence-electron chi connectivity index (χ0n) is 9.01. The van der Waals surface area contributed by atoms with Gasteiger partial charge in [0.1, 0.15) is 15.2 Å². The predicted molar refractivity (Wildman–Crippen MR) is 61.6 cm³/mol. The van der Waals surface area contributed by atoms with Gasteiger partial charge in [-0.05, 0) is 22.6 Å². The molecule has 0 aliphatic heterocycles. The smallest absolute Gasteiger partial charge is 0.377 e. The van der Waals surface area contributed by atoms with E-state index in [9.17, 15) is 22.7 Å². The van der Waals surface area contributed by atoms with Gasteiger partial charge in [0, 0.05) is 25.5 Å². The Morgan fingerprint density at radius 2 is 1.94 bits per heavy atom. The lowest BCUT2D eigenvalue weighted by Gasteiger charge is -2.66. The molecule has 3 aliphatic rings. The maximum absolute atomic E-state index is 13.5. The van der Waals surface area contributed by atoms with Gasteiger partial charge in [0.05, 0.1) is 5.54 Å². The minimum absolute atomic E-state index is 0.212. The first-order valence-corrected chi connectivity index (χ1v) is 6.42. The van der Waals surface area contributed by atoms with E-state index in [4.69, 9.17) is 0 Å². The Morgan fingerprint density at radius 3 is 2.39 bits per heavy atom. The number of halogens is 5. The maximum Gasteiger partial charge on any atom is 0.421 e. The quantitative estimate of drug-likeness (QED) is 0.637. The zero-order chi connectivity index (χ0) is 13.3. The van der Waals surface area contributed by atoms with E-state index in [1.807, 2.05) is 0 Å². The van der Waals surface area contributed by atoms with Crippen molar-refractivity contribution < 1.29 is 22.7 Å². The van der Waals surface area contributed by atoms with Gasteiger partial charge >= 0.3 is 6.18 Å². The Hall–Kier alpha value is -0.380. The molecule has 2 bridgehead atoms. The first-order valence-electron chi connectivity index (χ1n) is 5.34. The maximum atomic E-state index is 13.5. The lowest BCUT2D eigenvalue weighted by molar-refractivity contribution is -0.222. The van der Waals surface area contributed by atoms with Crippen LogP contribution in [0.4, 0.5) is 17.6 Å². The third kappa shape index (κ3) is 1.60. The molecule has 1 atom stereocenters. The Labute approximate surface area is 113 Å². The highest BCUT2D eigenvalue weighted by Gasteiger charge is 2.71. The van der Waals surface area contributed by atoms with Crippen molar-refractivity contribution in [3.8, 4) is 0 Å². The SMILES string of the molecule is O[C@@H](c1nc(I)cn1C12CC(F)(C1)C2)C(F)(F)F. The highest BCUT2D eigenvalue weighted by Crippen LogP contribution is 2.68. The van der Waals surface area contributed by atoms with Crippen LogP contribution < -0.4 is 0 Å². The normalized spacial score (nSPS) is 35.9. The Balaban J connectivity index is 1.97. The number of alkyl halides is 4. The highest BCUT2D eigenvalue weighted by molar-refractivity contribution is 14.1. The average Bonchev–Trinajstić information content (AvgIpc) is 2.51. The van der Waals surface area contributed by atoms with Gasteiger partial charge in [-0.25, -0.2) is 9.37 Å². The summed E-state index contributed by atoms with van der Waals surface area (Å²) in [7, 11) is 0. The van der Waals surface area contributed by atoms with Crippen LogP contribution in [0, 0.1) is 3.70 Å². The number of aromatic nitrogens is 2. The van der Waals surface area contributed by atoms with E-state index in [0.717, 1.165) is 0 Å². The third-order valence-electron chi connectivity index (χ3n) is 3.71. The summed E-state index contributed by atoms with van der Waals surface area (Å²) in [5, 5.41) is 9.31. The minimum Gasteiger partial charge on any atom is -0.377 e. The molecule has 8 heteroatoms. The standard InChI is InChI=1S/C10H9F4IN2O/c11-8-2-9(3-8,4-8)17-1-5(15)16-7(17)6(18)10(12,13)14/h1,6,18H,2-4H2/t6-,8?,9?/m0/s1. The molecule has 0 spiro atoms. The van der Waals surface area contributed by atoms with Gasteiger partial charge in [0.2, 0.25) is 6.10 Å². The molecular weight excluding hydrogens is 367 g/mol. The van der Waals surface area contributed by atoms with E-state index in [-0.39, 0.29) is 19.3 Å².